The zero-order valence-corrected chi connectivity index (χ0v) is 11.4. The van der Waals surface area contributed by atoms with E-state index < -0.39 is 24.4 Å². The molecule has 8 N–H and O–H groups in total. The Kier molecular flexibility index (Phi) is 4.42. The lowest BCUT2D eigenvalue weighted by atomic mass is 10.0. The molecule has 0 aliphatic rings. The van der Waals surface area contributed by atoms with Crippen molar-refractivity contribution >= 4 is 24.4 Å². The van der Waals surface area contributed by atoms with Crippen LogP contribution in [0.15, 0.2) is 0 Å². The van der Waals surface area contributed by atoms with Crippen molar-refractivity contribution < 1.29 is 20.4 Å². The van der Waals surface area contributed by atoms with Crippen molar-refractivity contribution in [1.29, 1.82) is 0 Å². The van der Waals surface area contributed by atoms with Gasteiger partial charge in [0.25, 0.3) is 0 Å². The Balaban J connectivity index is 2.13. The van der Waals surface area contributed by atoms with E-state index in [-0.39, 0.29) is 21.2 Å². The van der Waals surface area contributed by atoms with Crippen LogP contribution >= 0.6 is 24.4 Å². The van der Waals surface area contributed by atoms with Crippen molar-refractivity contribution in [2.45, 2.75) is 24.4 Å². The summed E-state index contributed by atoms with van der Waals surface area (Å²) in [7, 11) is 0. The average molecular weight is 320 g/mol. The summed E-state index contributed by atoms with van der Waals surface area (Å²) in [6, 6.07) is 0. The summed E-state index contributed by atoms with van der Waals surface area (Å²) in [5.74, 6) is -0.132. The number of aromatic nitrogens is 6. The van der Waals surface area contributed by atoms with Gasteiger partial charge in [-0.05, 0) is 24.4 Å². The van der Waals surface area contributed by atoms with Gasteiger partial charge < -0.3 is 20.4 Å². The number of rotatable bonds is 5. The molecule has 2 aromatic heterocycles. The molecule has 0 spiro atoms. The van der Waals surface area contributed by atoms with E-state index in [2.05, 4.69) is 30.4 Å². The van der Waals surface area contributed by atoms with Crippen LogP contribution in [0.3, 0.4) is 0 Å². The van der Waals surface area contributed by atoms with Crippen LogP contribution < -0.4 is 0 Å². The molecular formula is C8H12N6O4S2. The summed E-state index contributed by atoms with van der Waals surface area (Å²) in [4.78, 5) is 7.41. The van der Waals surface area contributed by atoms with E-state index in [1.54, 1.807) is 0 Å². The highest BCUT2D eigenvalue weighted by molar-refractivity contribution is 7.71. The molecule has 2 aromatic rings. The van der Waals surface area contributed by atoms with E-state index in [4.69, 9.17) is 24.4 Å². The normalized spacial score (nSPS) is 17.6. The molecule has 2 rings (SSSR count). The Bertz CT molecular complexity index is 618. The van der Waals surface area contributed by atoms with Gasteiger partial charge in [0.05, 0.1) is 0 Å². The van der Waals surface area contributed by atoms with E-state index in [9.17, 15) is 20.4 Å². The molecule has 0 aromatic carbocycles. The van der Waals surface area contributed by atoms with Crippen molar-refractivity contribution in [3.63, 3.8) is 0 Å². The van der Waals surface area contributed by atoms with Gasteiger partial charge in [0.1, 0.15) is 24.4 Å². The molecular weight excluding hydrogens is 308 g/mol. The molecule has 2 heterocycles. The van der Waals surface area contributed by atoms with Gasteiger partial charge in [0, 0.05) is 0 Å². The second-order valence-corrected chi connectivity index (χ2v) is 4.75. The molecule has 0 bridgehead atoms. The summed E-state index contributed by atoms with van der Waals surface area (Å²) >= 11 is 9.40. The quantitative estimate of drug-likeness (QED) is 0.315. The first-order valence-electron chi connectivity index (χ1n) is 5.41. The first-order chi connectivity index (χ1) is 9.40. The molecule has 4 atom stereocenters. The van der Waals surface area contributed by atoms with Crippen molar-refractivity contribution in [3.8, 4) is 0 Å². The SMILES string of the molecule is O[C@H]([C@H](O)[C@@H](O)c1nc(=S)[nH][nH]1)[C@H](O)c1nc(=S)[nH][nH]1. The molecule has 0 amide bonds. The second kappa shape index (κ2) is 5.90. The molecule has 0 radical (unpaired) electrons. The molecule has 110 valence electrons. The van der Waals surface area contributed by atoms with E-state index in [0.717, 1.165) is 0 Å². The van der Waals surface area contributed by atoms with E-state index in [1.165, 1.54) is 0 Å². The topological polar surface area (TPSA) is 170 Å². The van der Waals surface area contributed by atoms with Gasteiger partial charge in [0.2, 0.25) is 9.54 Å². The summed E-state index contributed by atoms with van der Waals surface area (Å²) < 4.78 is 0.162. The lowest BCUT2D eigenvalue weighted by Gasteiger charge is -2.24. The minimum atomic E-state index is -1.72. The standard InChI is InChI=1S/C8H12N6O4S2/c15-1(3(17)5-9-7(19)13-11-5)2(16)4(18)6-10-8(20)14-12-6/h1-4,15-18H,(H2,9,11,13,19)(H2,10,12,14,20)/t1-,2+,3+,4-. The third-order valence-electron chi connectivity index (χ3n) is 2.60. The van der Waals surface area contributed by atoms with Crippen LogP contribution in [0, 0.1) is 9.54 Å². The van der Waals surface area contributed by atoms with Crippen molar-refractivity contribution in [2.24, 2.45) is 0 Å². The largest absolute Gasteiger partial charge is 0.387 e. The maximum Gasteiger partial charge on any atom is 0.213 e. The van der Waals surface area contributed by atoms with Crippen molar-refractivity contribution in [3.05, 3.63) is 21.2 Å². The van der Waals surface area contributed by atoms with E-state index in [0.29, 0.717) is 0 Å². The minimum Gasteiger partial charge on any atom is -0.387 e. The fourth-order valence-corrected chi connectivity index (χ4v) is 1.84. The fraction of sp³-hybridized carbons (Fsp3) is 0.500. The van der Waals surface area contributed by atoms with Crippen LogP contribution in [0.4, 0.5) is 0 Å². The lowest BCUT2D eigenvalue weighted by molar-refractivity contribution is -0.111. The number of aromatic amines is 4. The van der Waals surface area contributed by atoms with E-state index in [1.807, 2.05) is 0 Å². The summed E-state index contributed by atoms with van der Waals surface area (Å²) in [5.41, 5.74) is 0. The Morgan fingerprint density at radius 3 is 1.30 bits per heavy atom. The first-order valence-corrected chi connectivity index (χ1v) is 6.23. The van der Waals surface area contributed by atoms with Crippen LogP contribution in [0.25, 0.3) is 0 Å². The lowest BCUT2D eigenvalue weighted by Crippen LogP contribution is -2.37. The second-order valence-electron chi connectivity index (χ2n) is 3.98. The predicted molar refractivity (Wildman–Crippen MR) is 69.5 cm³/mol. The molecule has 0 saturated carbocycles. The van der Waals surface area contributed by atoms with E-state index >= 15 is 0 Å². The maximum atomic E-state index is 9.84. The Morgan fingerprint density at radius 2 is 1.05 bits per heavy atom. The third kappa shape index (κ3) is 3.00. The van der Waals surface area contributed by atoms with Gasteiger partial charge in [-0.2, -0.15) is 0 Å². The van der Waals surface area contributed by atoms with Crippen LogP contribution in [0.5, 0.6) is 0 Å². The van der Waals surface area contributed by atoms with Gasteiger partial charge in [-0.15, -0.1) is 0 Å². The molecule has 0 fully saturated rings. The zero-order valence-electron chi connectivity index (χ0n) is 9.81. The summed E-state index contributed by atoms with van der Waals surface area (Å²) in [6.45, 7) is 0. The number of nitrogens with one attached hydrogen (secondary N) is 4. The molecule has 0 aliphatic heterocycles. The summed E-state index contributed by atoms with van der Waals surface area (Å²) in [5, 5.41) is 49.1. The monoisotopic (exact) mass is 320 g/mol. The highest BCUT2D eigenvalue weighted by atomic mass is 32.1. The Labute approximate surface area is 121 Å². The highest BCUT2D eigenvalue weighted by Crippen LogP contribution is 2.22. The molecule has 0 unspecified atom stereocenters. The van der Waals surface area contributed by atoms with Gasteiger partial charge >= 0.3 is 0 Å². The van der Waals surface area contributed by atoms with Gasteiger partial charge in [-0.1, -0.05) is 0 Å². The highest BCUT2D eigenvalue weighted by Gasteiger charge is 2.34. The van der Waals surface area contributed by atoms with Crippen LogP contribution in [-0.4, -0.2) is 63.0 Å². The third-order valence-corrected chi connectivity index (χ3v) is 2.98. The van der Waals surface area contributed by atoms with Crippen molar-refractivity contribution in [1.82, 2.24) is 30.4 Å². The predicted octanol–water partition coefficient (Wildman–Crippen LogP) is -1.26. The van der Waals surface area contributed by atoms with Crippen LogP contribution in [0.1, 0.15) is 23.9 Å². The number of hydrogen-bond acceptors (Lipinski definition) is 8. The van der Waals surface area contributed by atoms with Crippen LogP contribution in [0.2, 0.25) is 0 Å². The minimum absolute atomic E-state index is 0.0660. The number of hydrogen-bond donors (Lipinski definition) is 8. The fourth-order valence-electron chi connectivity index (χ4n) is 1.54. The first kappa shape index (κ1) is 15.0. The Hall–Kier alpha value is -1.44. The van der Waals surface area contributed by atoms with Gasteiger partial charge in [0.15, 0.2) is 11.6 Å². The van der Waals surface area contributed by atoms with Crippen LogP contribution in [-0.2, 0) is 0 Å². The molecule has 20 heavy (non-hydrogen) atoms. The number of H-pyrrole nitrogens is 4. The number of nitrogens with zero attached hydrogens (tertiary/aromatic N) is 2. The molecule has 0 saturated heterocycles. The number of aliphatic hydroxyl groups is 4. The van der Waals surface area contributed by atoms with Crippen molar-refractivity contribution in [2.75, 3.05) is 0 Å². The number of aliphatic hydroxyl groups excluding tert-OH is 4. The maximum absolute atomic E-state index is 9.84. The van der Waals surface area contributed by atoms with Gasteiger partial charge in [-0.25, -0.2) is 9.97 Å². The Morgan fingerprint density at radius 1 is 0.700 bits per heavy atom. The average Bonchev–Trinajstić information content (AvgIpc) is 3.04. The summed E-state index contributed by atoms with van der Waals surface area (Å²) in [6.07, 6.45) is -6.60. The molecule has 12 heteroatoms. The smallest absolute Gasteiger partial charge is 0.213 e. The molecule has 10 nitrogen and oxygen atoms in total. The van der Waals surface area contributed by atoms with Gasteiger partial charge in [-0.3, -0.25) is 20.4 Å². The zero-order chi connectivity index (χ0) is 14.9. The molecule has 0 aliphatic carbocycles.